The van der Waals surface area contributed by atoms with Crippen LogP contribution >= 0.6 is 0 Å². The zero-order valence-electron chi connectivity index (χ0n) is 11.6. The first-order chi connectivity index (χ1) is 8.13. The summed E-state index contributed by atoms with van der Waals surface area (Å²) < 4.78 is 6.14. The fourth-order valence-electron chi connectivity index (χ4n) is 1.97. The summed E-state index contributed by atoms with van der Waals surface area (Å²) >= 11 is 0. The van der Waals surface area contributed by atoms with Crippen LogP contribution in [0.25, 0.3) is 0 Å². The van der Waals surface area contributed by atoms with Gasteiger partial charge >= 0.3 is 0 Å². The van der Waals surface area contributed by atoms with Crippen molar-refractivity contribution >= 4 is 14.2 Å². The molecule has 0 aliphatic rings. The number of benzene rings is 1. The van der Waals surface area contributed by atoms with Gasteiger partial charge in [0.25, 0.3) is 0 Å². The Morgan fingerprint density at radius 3 is 2.71 bits per heavy atom. The summed E-state index contributed by atoms with van der Waals surface area (Å²) in [5.41, 5.74) is 1.33. The second kappa shape index (κ2) is 7.67. The van der Waals surface area contributed by atoms with Crippen LogP contribution in [0, 0.1) is 6.92 Å². The van der Waals surface area contributed by atoms with E-state index in [9.17, 15) is 0 Å². The molecule has 1 aromatic rings. The van der Waals surface area contributed by atoms with Gasteiger partial charge in [0, 0.05) is 6.10 Å². The van der Waals surface area contributed by atoms with Crippen LogP contribution < -0.4 is 5.19 Å². The topological polar surface area (TPSA) is 9.23 Å². The standard InChI is InChI=1S/C15H25OSi/c1-5-6-7-10-14(3)16-17(4)15-11-8-9-13(2)12-15/h8-9,11-12,14H,5-7,10H2,1-4H3. The molecule has 0 aliphatic carbocycles. The van der Waals surface area contributed by atoms with Gasteiger partial charge in [-0.3, -0.25) is 0 Å². The van der Waals surface area contributed by atoms with Crippen molar-refractivity contribution in [3.8, 4) is 0 Å². The van der Waals surface area contributed by atoms with Gasteiger partial charge in [0.05, 0.1) is 0 Å². The monoisotopic (exact) mass is 249 g/mol. The van der Waals surface area contributed by atoms with Gasteiger partial charge in [-0.1, -0.05) is 56.0 Å². The fourth-order valence-corrected chi connectivity index (χ4v) is 3.59. The Morgan fingerprint density at radius 1 is 1.29 bits per heavy atom. The minimum Gasteiger partial charge on any atom is -0.409 e. The second-order valence-electron chi connectivity index (χ2n) is 4.85. The Bertz CT molecular complexity index is 324. The lowest BCUT2D eigenvalue weighted by Crippen LogP contribution is -2.33. The molecular weight excluding hydrogens is 224 g/mol. The Labute approximate surface area is 108 Å². The van der Waals surface area contributed by atoms with Gasteiger partial charge in [0.15, 0.2) is 0 Å². The van der Waals surface area contributed by atoms with E-state index in [4.69, 9.17) is 4.43 Å². The molecule has 0 saturated heterocycles. The largest absolute Gasteiger partial charge is 0.409 e. The molecule has 1 nitrogen and oxygen atoms in total. The number of unbranched alkanes of at least 4 members (excludes halogenated alkanes) is 2. The van der Waals surface area contributed by atoms with Crippen LogP contribution in [-0.2, 0) is 4.43 Å². The number of rotatable bonds is 7. The van der Waals surface area contributed by atoms with E-state index in [1.807, 2.05) is 0 Å². The molecule has 0 aliphatic heterocycles. The molecule has 0 fully saturated rings. The van der Waals surface area contributed by atoms with Crippen molar-refractivity contribution in [2.24, 2.45) is 0 Å². The van der Waals surface area contributed by atoms with Crippen molar-refractivity contribution in [3.63, 3.8) is 0 Å². The molecular formula is C15H25OSi. The molecule has 0 N–H and O–H groups in total. The van der Waals surface area contributed by atoms with Crippen molar-refractivity contribution < 1.29 is 4.43 Å². The summed E-state index contributed by atoms with van der Waals surface area (Å²) in [6, 6.07) is 8.72. The number of aryl methyl sites for hydroxylation is 1. The van der Waals surface area contributed by atoms with E-state index in [0.29, 0.717) is 6.10 Å². The highest BCUT2D eigenvalue weighted by Gasteiger charge is 2.13. The average molecular weight is 249 g/mol. The van der Waals surface area contributed by atoms with Crippen LogP contribution in [0.1, 0.15) is 45.1 Å². The van der Waals surface area contributed by atoms with Gasteiger partial charge in [0.2, 0.25) is 9.04 Å². The predicted molar refractivity (Wildman–Crippen MR) is 77.1 cm³/mol. The molecule has 0 bridgehead atoms. The molecule has 1 radical (unpaired) electrons. The van der Waals surface area contributed by atoms with E-state index >= 15 is 0 Å². The summed E-state index contributed by atoms with van der Waals surface area (Å²) in [4.78, 5) is 0. The van der Waals surface area contributed by atoms with Gasteiger partial charge in [-0.2, -0.15) is 0 Å². The van der Waals surface area contributed by atoms with Crippen LogP contribution in [0.3, 0.4) is 0 Å². The van der Waals surface area contributed by atoms with Gasteiger partial charge in [-0.05, 0) is 32.0 Å². The van der Waals surface area contributed by atoms with Crippen LogP contribution in [0.4, 0.5) is 0 Å². The molecule has 1 unspecified atom stereocenters. The Balaban J connectivity index is 2.40. The zero-order valence-corrected chi connectivity index (χ0v) is 12.6. The van der Waals surface area contributed by atoms with Crippen LogP contribution in [-0.4, -0.2) is 15.1 Å². The third-order valence-corrected chi connectivity index (χ3v) is 4.90. The Kier molecular flexibility index (Phi) is 6.52. The molecule has 0 amide bonds. The van der Waals surface area contributed by atoms with Gasteiger partial charge in [-0.25, -0.2) is 0 Å². The predicted octanol–water partition coefficient (Wildman–Crippen LogP) is 3.81. The quantitative estimate of drug-likeness (QED) is 0.527. The second-order valence-corrected chi connectivity index (χ2v) is 6.78. The Hall–Kier alpha value is -0.603. The molecule has 2 heteroatoms. The molecule has 0 aromatic heterocycles. The molecule has 0 spiro atoms. The van der Waals surface area contributed by atoms with Gasteiger partial charge in [0.1, 0.15) is 0 Å². The maximum absolute atomic E-state index is 6.14. The summed E-state index contributed by atoms with van der Waals surface area (Å²) in [6.45, 7) is 8.84. The van der Waals surface area contributed by atoms with E-state index in [0.717, 1.165) is 0 Å². The van der Waals surface area contributed by atoms with Gasteiger partial charge in [-0.15, -0.1) is 0 Å². The lowest BCUT2D eigenvalue weighted by molar-refractivity contribution is 0.212. The van der Waals surface area contributed by atoms with Crippen molar-refractivity contribution in [1.29, 1.82) is 0 Å². The maximum Gasteiger partial charge on any atom is 0.243 e. The summed E-state index contributed by atoms with van der Waals surface area (Å²) in [7, 11) is -0.825. The molecule has 0 saturated carbocycles. The van der Waals surface area contributed by atoms with Crippen LogP contribution in [0.15, 0.2) is 24.3 Å². The van der Waals surface area contributed by atoms with Crippen molar-refractivity contribution in [2.75, 3.05) is 0 Å². The lowest BCUT2D eigenvalue weighted by Gasteiger charge is -2.18. The maximum atomic E-state index is 6.14. The Morgan fingerprint density at radius 2 is 2.06 bits per heavy atom. The third kappa shape index (κ3) is 5.51. The van der Waals surface area contributed by atoms with E-state index < -0.39 is 9.04 Å². The van der Waals surface area contributed by atoms with E-state index in [1.54, 1.807) is 0 Å². The highest BCUT2D eigenvalue weighted by atomic mass is 28.3. The zero-order chi connectivity index (χ0) is 12.7. The first-order valence-corrected chi connectivity index (χ1v) is 8.61. The van der Waals surface area contributed by atoms with Crippen molar-refractivity contribution in [2.45, 2.75) is 59.1 Å². The lowest BCUT2D eigenvalue weighted by atomic mass is 10.1. The SMILES string of the molecule is CCCCCC(C)O[Si](C)c1cccc(C)c1. The first-order valence-electron chi connectivity index (χ1n) is 6.70. The minimum absolute atomic E-state index is 0.404. The van der Waals surface area contributed by atoms with Crippen molar-refractivity contribution in [3.05, 3.63) is 29.8 Å². The van der Waals surface area contributed by atoms with Crippen molar-refractivity contribution in [1.82, 2.24) is 0 Å². The van der Waals surface area contributed by atoms with E-state index in [2.05, 4.69) is 51.6 Å². The van der Waals surface area contributed by atoms with E-state index in [1.165, 1.54) is 36.4 Å². The first kappa shape index (κ1) is 14.5. The molecule has 1 atom stereocenters. The number of hydrogen-bond acceptors (Lipinski definition) is 1. The van der Waals surface area contributed by atoms with Crippen LogP contribution in [0.5, 0.6) is 0 Å². The highest BCUT2D eigenvalue weighted by molar-refractivity contribution is 6.66. The summed E-state index contributed by atoms with van der Waals surface area (Å²) in [5.74, 6) is 0. The minimum atomic E-state index is -0.825. The van der Waals surface area contributed by atoms with Gasteiger partial charge < -0.3 is 4.43 Å². The van der Waals surface area contributed by atoms with Crippen LogP contribution in [0.2, 0.25) is 6.55 Å². The highest BCUT2D eigenvalue weighted by Crippen LogP contribution is 2.08. The molecule has 1 aromatic carbocycles. The number of hydrogen-bond donors (Lipinski definition) is 0. The molecule has 17 heavy (non-hydrogen) atoms. The van der Waals surface area contributed by atoms with E-state index in [-0.39, 0.29) is 0 Å². The normalized spacial score (nSPS) is 13.0. The molecule has 95 valence electrons. The average Bonchev–Trinajstić information content (AvgIpc) is 2.29. The summed E-state index contributed by atoms with van der Waals surface area (Å²) in [5, 5.41) is 1.39. The third-order valence-electron chi connectivity index (χ3n) is 3.02. The molecule has 0 heterocycles. The smallest absolute Gasteiger partial charge is 0.243 e. The molecule has 1 rings (SSSR count). The fraction of sp³-hybridized carbons (Fsp3) is 0.600. The summed E-state index contributed by atoms with van der Waals surface area (Å²) in [6.07, 6.45) is 5.50.